The number of piperidine rings is 1. The fraction of sp³-hybridized carbons (Fsp3) is 0.933. The molecule has 0 radical (unpaired) electrons. The lowest BCUT2D eigenvalue weighted by atomic mass is 9.93. The van der Waals surface area contributed by atoms with E-state index >= 15 is 0 Å². The quantitative estimate of drug-likeness (QED) is 0.784. The molecule has 1 amide bonds. The van der Waals surface area contributed by atoms with Gasteiger partial charge in [0.2, 0.25) is 5.91 Å². The molecule has 2 aliphatic heterocycles. The van der Waals surface area contributed by atoms with Crippen LogP contribution >= 0.6 is 0 Å². The van der Waals surface area contributed by atoms with Gasteiger partial charge in [0.1, 0.15) is 0 Å². The average Bonchev–Trinajstić information content (AvgIpc) is 2.40. The summed E-state index contributed by atoms with van der Waals surface area (Å²) in [6.45, 7) is 10.4. The molecule has 2 unspecified atom stereocenters. The largest absolute Gasteiger partial charge is 0.355 e. The maximum Gasteiger partial charge on any atom is 0.239 e. The number of nitrogens with zero attached hydrogens (tertiary/aromatic N) is 2. The van der Waals surface area contributed by atoms with E-state index in [1.165, 1.54) is 0 Å². The summed E-state index contributed by atoms with van der Waals surface area (Å²) in [4.78, 5) is 17.0. The predicted molar refractivity (Wildman–Crippen MR) is 77.4 cm³/mol. The molecule has 2 rings (SSSR count). The minimum atomic E-state index is -0.199. The molecule has 2 atom stereocenters. The number of carbonyl (C=O) groups is 1. The Morgan fingerprint density at radius 2 is 2.10 bits per heavy atom. The molecule has 20 heavy (non-hydrogen) atoms. The van der Waals surface area contributed by atoms with Gasteiger partial charge in [0, 0.05) is 26.7 Å². The first-order chi connectivity index (χ1) is 9.40. The molecule has 0 N–H and O–H groups in total. The maximum absolute atomic E-state index is 12.7. The molecule has 0 spiro atoms. The maximum atomic E-state index is 12.7. The Morgan fingerprint density at radius 3 is 2.75 bits per heavy atom. The number of likely N-dealkylation sites (tertiary alicyclic amines) is 1. The Bertz CT molecular complexity index is 341. The van der Waals surface area contributed by atoms with Gasteiger partial charge in [0.15, 0.2) is 6.29 Å². The molecule has 116 valence electrons. The second-order valence-electron chi connectivity index (χ2n) is 7.01. The summed E-state index contributed by atoms with van der Waals surface area (Å²) < 4.78 is 10.8. The zero-order valence-corrected chi connectivity index (χ0v) is 13.2. The van der Waals surface area contributed by atoms with Crippen LogP contribution in [0.1, 0.15) is 33.6 Å². The number of carbonyl (C=O) groups excluding carboxylic acids is 1. The molecule has 0 aromatic heterocycles. The molecular weight excluding hydrogens is 256 g/mol. The van der Waals surface area contributed by atoms with E-state index in [9.17, 15) is 4.79 Å². The highest BCUT2D eigenvalue weighted by Gasteiger charge is 2.36. The molecule has 2 heterocycles. The Balaban J connectivity index is 1.99. The highest BCUT2D eigenvalue weighted by Crippen LogP contribution is 2.23. The smallest absolute Gasteiger partial charge is 0.239 e. The Morgan fingerprint density at radius 1 is 1.35 bits per heavy atom. The van der Waals surface area contributed by atoms with Crippen LogP contribution in [0, 0.1) is 5.41 Å². The molecule has 0 aromatic carbocycles. The van der Waals surface area contributed by atoms with E-state index in [0.717, 1.165) is 32.5 Å². The normalized spacial score (nSPS) is 29.8. The zero-order valence-electron chi connectivity index (χ0n) is 13.2. The molecule has 2 fully saturated rings. The van der Waals surface area contributed by atoms with Crippen LogP contribution in [0.5, 0.6) is 0 Å². The molecule has 0 bridgehead atoms. The van der Waals surface area contributed by atoms with E-state index in [-0.39, 0.29) is 23.7 Å². The Hall–Kier alpha value is -0.650. The third-order valence-electron chi connectivity index (χ3n) is 3.94. The first-order valence-electron chi connectivity index (χ1n) is 7.58. The molecule has 5 heteroatoms. The van der Waals surface area contributed by atoms with Gasteiger partial charge in [-0.15, -0.1) is 0 Å². The van der Waals surface area contributed by atoms with Crippen LogP contribution in [0.25, 0.3) is 0 Å². The number of methoxy groups -OCH3 is 1. The lowest BCUT2D eigenvalue weighted by Gasteiger charge is -2.43. The summed E-state index contributed by atoms with van der Waals surface area (Å²) in [6, 6.07) is 0.00708. The molecule has 0 aromatic rings. The van der Waals surface area contributed by atoms with Crippen molar-refractivity contribution in [1.29, 1.82) is 0 Å². The van der Waals surface area contributed by atoms with Crippen molar-refractivity contribution in [3.63, 3.8) is 0 Å². The summed E-state index contributed by atoms with van der Waals surface area (Å²) in [5.74, 6) is 0.280. The second kappa shape index (κ2) is 6.41. The monoisotopic (exact) mass is 284 g/mol. The van der Waals surface area contributed by atoms with Crippen LogP contribution in [-0.4, -0.2) is 67.9 Å². The highest BCUT2D eigenvalue weighted by atomic mass is 16.7. The predicted octanol–water partition coefficient (Wildman–Crippen LogP) is 1.33. The standard InChI is InChI=1S/C15H28N2O3/c1-15(2,3)11-17-7-5-6-12(14(17)18)16-8-9-20-13(10-16)19-4/h12-13H,5-11H2,1-4H3. The van der Waals surface area contributed by atoms with Crippen LogP contribution < -0.4 is 0 Å². The summed E-state index contributed by atoms with van der Waals surface area (Å²) in [5.41, 5.74) is 0.150. The summed E-state index contributed by atoms with van der Waals surface area (Å²) in [7, 11) is 1.66. The van der Waals surface area contributed by atoms with Crippen molar-refractivity contribution in [2.24, 2.45) is 5.41 Å². The van der Waals surface area contributed by atoms with Crippen LogP contribution in [-0.2, 0) is 14.3 Å². The van der Waals surface area contributed by atoms with Crippen molar-refractivity contribution < 1.29 is 14.3 Å². The van der Waals surface area contributed by atoms with Crippen molar-refractivity contribution in [3.05, 3.63) is 0 Å². The highest BCUT2D eigenvalue weighted by molar-refractivity contribution is 5.82. The third-order valence-corrected chi connectivity index (χ3v) is 3.94. The lowest BCUT2D eigenvalue weighted by Crippen LogP contribution is -2.57. The SMILES string of the molecule is COC1CN(C2CCCN(CC(C)(C)C)C2=O)CCO1. The number of amides is 1. The van der Waals surface area contributed by atoms with E-state index < -0.39 is 0 Å². The van der Waals surface area contributed by atoms with E-state index in [2.05, 4.69) is 25.7 Å². The molecule has 0 saturated carbocycles. The fourth-order valence-corrected chi connectivity index (χ4v) is 3.05. The van der Waals surface area contributed by atoms with E-state index in [0.29, 0.717) is 13.2 Å². The van der Waals surface area contributed by atoms with Crippen molar-refractivity contribution in [2.45, 2.75) is 45.9 Å². The van der Waals surface area contributed by atoms with Gasteiger partial charge in [0.05, 0.1) is 19.2 Å². The number of morpholine rings is 1. The summed E-state index contributed by atoms with van der Waals surface area (Å²) >= 11 is 0. The number of ether oxygens (including phenoxy) is 2. The van der Waals surface area contributed by atoms with E-state index in [1.807, 2.05) is 4.90 Å². The lowest BCUT2D eigenvalue weighted by molar-refractivity contribution is -0.178. The zero-order chi connectivity index (χ0) is 14.8. The second-order valence-corrected chi connectivity index (χ2v) is 7.01. The molecule has 5 nitrogen and oxygen atoms in total. The van der Waals surface area contributed by atoms with Crippen molar-refractivity contribution in [1.82, 2.24) is 9.80 Å². The minimum Gasteiger partial charge on any atom is -0.355 e. The summed E-state index contributed by atoms with van der Waals surface area (Å²) in [6.07, 6.45) is 1.84. The third kappa shape index (κ3) is 3.93. The van der Waals surface area contributed by atoms with E-state index in [1.54, 1.807) is 7.11 Å². The molecule has 2 aliphatic rings. The molecule has 2 saturated heterocycles. The fourth-order valence-electron chi connectivity index (χ4n) is 3.05. The van der Waals surface area contributed by atoms with Crippen molar-refractivity contribution in [3.8, 4) is 0 Å². The number of hydrogen-bond donors (Lipinski definition) is 0. The molecular formula is C15H28N2O3. The molecule has 0 aliphatic carbocycles. The summed E-state index contributed by atoms with van der Waals surface area (Å²) in [5, 5.41) is 0. The first kappa shape index (κ1) is 15.7. The van der Waals surface area contributed by atoms with Gasteiger partial charge in [-0.3, -0.25) is 9.69 Å². The van der Waals surface area contributed by atoms with Gasteiger partial charge < -0.3 is 14.4 Å². The van der Waals surface area contributed by atoms with Gasteiger partial charge in [-0.05, 0) is 18.3 Å². The minimum absolute atomic E-state index is 0.00708. The van der Waals surface area contributed by atoms with Crippen molar-refractivity contribution in [2.75, 3.05) is 39.9 Å². The van der Waals surface area contributed by atoms with Gasteiger partial charge in [-0.1, -0.05) is 20.8 Å². The Kier molecular flexibility index (Phi) is 5.04. The van der Waals surface area contributed by atoms with Gasteiger partial charge in [-0.2, -0.15) is 0 Å². The topological polar surface area (TPSA) is 42.0 Å². The number of hydrogen-bond acceptors (Lipinski definition) is 4. The number of rotatable bonds is 3. The Labute approximate surface area is 122 Å². The van der Waals surface area contributed by atoms with Crippen LogP contribution in [0.4, 0.5) is 0 Å². The van der Waals surface area contributed by atoms with E-state index in [4.69, 9.17) is 9.47 Å². The van der Waals surface area contributed by atoms with Gasteiger partial charge in [0.25, 0.3) is 0 Å². The van der Waals surface area contributed by atoms with Gasteiger partial charge >= 0.3 is 0 Å². The van der Waals surface area contributed by atoms with Crippen LogP contribution in [0.3, 0.4) is 0 Å². The van der Waals surface area contributed by atoms with Crippen LogP contribution in [0.2, 0.25) is 0 Å². The van der Waals surface area contributed by atoms with Crippen LogP contribution in [0.15, 0.2) is 0 Å². The first-order valence-corrected chi connectivity index (χ1v) is 7.58. The van der Waals surface area contributed by atoms with Crippen molar-refractivity contribution >= 4 is 5.91 Å². The average molecular weight is 284 g/mol. The van der Waals surface area contributed by atoms with Gasteiger partial charge in [-0.25, -0.2) is 0 Å².